The van der Waals surface area contributed by atoms with Crippen LogP contribution in [0.15, 0.2) is 59.3 Å². The first-order valence-corrected chi connectivity index (χ1v) is 8.80. The van der Waals surface area contributed by atoms with Crippen molar-refractivity contribution >= 4 is 5.65 Å². The van der Waals surface area contributed by atoms with Gasteiger partial charge in [-0.15, -0.1) is 10.2 Å². The van der Waals surface area contributed by atoms with Crippen molar-refractivity contribution in [3.63, 3.8) is 0 Å². The molecule has 0 amide bonds. The molecule has 1 aromatic carbocycles. The Kier molecular flexibility index (Phi) is 3.57. The summed E-state index contributed by atoms with van der Waals surface area (Å²) in [6.45, 7) is 3.41. The summed E-state index contributed by atoms with van der Waals surface area (Å²) in [6, 6.07) is 14.7. The molecule has 0 radical (unpaired) electrons. The lowest BCUT2D eigenvalue weighted by molar-refractivity contribution is 0.136. The topological polar surface area (TPSA) is 59.5 Å². The normalized spacial score (nSPS) is 17.5. The van der Waals surface area contributed by atoms with Gasteiger partial charge in [-0.3, -0.25) is 4.90 Å². The summed E-state index contributed by atoms with van der Waals surface area (Å²) in [6.07, 6.45) is 4.98. The third-order valence-corrected chi connectivity index (χ3v) is 4.95. The number of fused-ring (bicyclic) bond motifs is 2. The predicted octanol–water partition coefficient (Wildman–Crippen LogP) is 3.33. The molecule has 0 spiro atoms. The highest BCUT2D eigenvalue weighted by atomic mass is 16.4. The largest absolute Gasteiger partial charge is 0.424 e. The van der Waals surface area contributed by atoms with Gasteiger partial charge in [0.2, 0.25) is 11.8 Å². The van der Waals surface area contributed by atoms with E-state index in [-0.39, 0.29) is 6.04 Å². The van der Waals surface area contributed by atoms with Crippen molar-refractivity contribution in [2.24, 2.45) is 0 Å². The third kappa shape index (κ3) is 2.68. The Balaban J connectivity index is 1.51. The molecule has 4 heterocycles. The van der Waals surface area contributed by atoms with Crippen molar-refractivity contribution in [1.29, 1.82) is 0 Å². The molecule has 1 aliphatic rings. The van der Waals surface area contributed by atoms with E-state index in [9.17, 15) is 0 Å². The Hall–Kier alpha value is -2.99. The van der Waals surface area contributed by atoms with Crippen molar-refractivity contribution in [2.75, 3.05) is 0 Å². The lowest BCUT2D eigenvalue weighted by atomic mass is 9.94. The number of benzene rings is 1. The van der Waals surface area contributed by atoms with E-state index in [1.54, 1.807) is 0 Å². The van der Waals surface area contributed by atoms with E-state index in [2.05, 4.69) is 50.0 Å². The van der Waals surface area contributed by atoms with E-state index in [1.165, 1.54) is 11.1 Å². The summed E-state index contributed by atoms with van der Waals surface area (Å²) in [5, 5.41) is 8.32. The highest BCUT2D eigenvalue weighted by Crippen LogP contribution is 2.33. The number of pyridine rings is 1. The van der Waals surface area contributed by atoms with Crippen molar-refractivity contribution in [1.82, 2.24) is 24.5 Å². The van der Waals surface area contributed by atoms with Crippen LogP contribution in [0.4, 0.5) is 0 Å². The molecule has 0 N–H and O–H groups in total. The van der Waals surface area contributed by atoms with Gasteiger partial charge in [0.1, 0.15) is 5.65 Å². The fraction of sp³-hybridized carbons (Fsp3) is 0.250. The van der Waals surface area contributed by atoms with E-state index in [0.717, 1.165) is 30.9 Å². The van der Waals surface area contributed by atoms with Crippen LogP contribution < -0.4 is 0 Å². The van der Waals surface area contributed by atoms with Crippen LogP contribution in [0.2, 0.25) is 0 Å². The van der Waals surface area contributed by atoms with Crippen LogP contribution in [0, 0.1) is 6.92 Å². The maximum absolute atomic E-state index is 5.78. The number of rotatable bonds is 3. The second kappa shape index (κ2) is 6.07. The highest BCUT2D eigenvalue weighted by molar-refractivity contribution is 5.39. The molecule has 6 nitrogen and oxygen atoms in total. The Morgan fingerprint density at radius 3 is 2.73 bits per heavy atom. The zero-order valence-electron chi connectivity index (χ0n) is 14.5. The van der Waals surface area contributed by atoms with Gasteiger partial charge in [-0.1, -0.05) is 30.3 Å². The van der Waals surface area contributed by atoms with Crippen molar-refractivity contribution in [2.45, 2.75) is 32.5 Å². The zero-order valence-corrected chi connectivity index (χ0v) is 14.5. The lowest BCUT2D eigenvalue weighted by Crippen LogP contribution is -2.34. The number of imidazole rings is 1. The van der Waals surface area contributed by atoms with E-state index in [0.29, 0.717) is 11.8 Å². The molecule has 26 heavy (non-hydrogen) atoms. The van der Waals surface area contributed by atoms with Gasteiger partial charge < -0.3 is 8.82 Å². The van der Waals surface area contributed by atoms with Crippen LogP contribution in [0.25, 0.3) is 5.65 Å². The molecule has 0 bridgehead atoms. The van der Waals surface area contributed by atoms with Gasteiger partial charge in [-0.05, 0) is 29.7 Å². The molecular formula is C20H19N5O. The summed E-state index contributed by atoms with van der Waals surface area (Å²) >= 11 is 0. The molecule has 6 heteroatoms. The first kappa shape index (κ1) is 15.3. The maximum Gasteiger partial charge on any atom is 0.233 e. The molecule has 5 rings (SSSR count). The molecule has 3 aromatic heterocycles. The number of nitrogens with zero attached hydrogens (tertiary/aromatic N) is 5. The van der Waals surface area contributed by atoms with Gasteiger partial charge in [-0.2, -0.15) is 0 Å². The van der Waals surface area contributed by atoms with Crippen molar-refractivity contribution in [3.05, 3.63) is 83.5 Å². The molecule has 1 atom stereocenters. The molecular weight excluding hydrogens is 326 g/mol. The summed E-state index contributed by atoms with van der Waals surface area (Å²) in [5.74, 6) is 1.28. The summed E-state index contributed by atoms with van der Waals surface area (Å²) in [5.41, 5.74) is 4.70. The van der Waals surface area contributed by atoms with Crippen LogP contribution in [0.1, 0.15) is 34.6 Å². The van der Waals surface area contributed by atoms with E-state index in [4.69, 9.17) is 9.40 Å². The molecule has 0 fully saturated rings. The summed E-state index contributed by atoms with van der Waals surface area (Å²) in [4.78, 5) is 7.12. The Morgan fingerprint density at radius 2 is 1.92 bits per heavy atom. The fourth-order valence-corrected chi connectivity index (χ4v) is 3.70. The quantitative estimate of drug-likeness (QED) is 0.570. The van der Waals surface area contributed by atoms with Crippen LogP contribution in [0.3, 0.4) is 0 Å². The fourth-order valence-electron chi connectivity index (χ4n) is 3.70. The number of hydrogen-bond acceptors (Lipinski definition) is 5. The predicted molar refractivity (Wildman–Crippen MR) is 96.4 cm³/mol. The van der Waals surface area contributed by atoms with Gasteiger partial charge in [0, 0.05) is 32.4 Å². The van der Waals surface area contributed by atoms with Gasteiger partial charge in [0.15, 0.2) is 0 Å². The van der Waals surface area contributed by atoms with Crippen molar-refractivity contribution < 1.29 is 4.42 Å². The number of hydrogen-bond donors (Lipinski definition) is 0. The first-order chi connectivity index (χ1) is 12.8. The number of aryl methyl sites for hydroxylation is 1. The average molecular weight is 345 g/mol. The summed E-state index contributed by atoms with van der Waals surface area (Å²) < 4.78 is 7.83. The Labute approximate surface area is 151 Å². The minimum Gasteiger partial charge on any atom is -0.424 e. The van der Waals surface area contributed by atoms with Gasteiger partial charge in [0.05, 0.1) is 11.7 Å². The maximum atomic E-state index is 5.78. The van der Waals surface area contributed by atoms with Gasteiger partial charge in [0.25, 0.3) is 0 Å². The van der Waals surface area contributed by atoms with E-state index < -0.39 is 0 Å². The molecule has 1 aliphatic heterocycles. The minimum atomic E-state index is 0.0657. The van der Waals surface area contributed by atoms with Crippen molar-refractivity contribution in [3.8, 4) is 0 Å². The molecule has 4 aromatic rings. The molecule has 1 unspecified atom stereocenters. The SMILES string of the molecule is Cc1nnc(C2Cc3ccccc3CN2Cc2cn3ccccc3n2)o1. The molecule has 0 saturated heterocycles. The van der Waals surface area contributed by atoms with E-state index in [1.807, 2.05) is 31.3 Å². The highest BCUT2D eigenvalue weighted by Gasteiger charge is 2.31. The van der Waals surface area contributed by atoms with Crippen LogP contribution >= 0.6 is 0 Å². The van der Waals surface area contributed by atoms with Gasteiger partial charge >= 0.3 is 0 Å². The average Bonchev–Trinajstić information content (AvgIpc) is 3.26. The second-order valence-corrected chi connectivity index (χ2v) is 6.75. The van der Waals surface area contributed by atoms with Crippen LogP contribution in [-0.2, 0) is 19.5 Å². The first-order valence-electron chi connectivity index (χ1n) is 8.80. The summed E-state index contributed by atoms with van der Waals surface area (Å²) in [7, 11) is 0. The number of aromatic nitrogens is 4. The monoisotopic (exact) mass is 345 g/mol. The standard InChI is InChI=1S/C20H19N5O/c1-14-22-23-20(26-14)18-10-15-6-2-3-7-16(15)11-25(18)13-17-12-24-9-5-4-8-19(24)21-17/h2-9,12,18H,10-11,13H2,1H3. The third-order valence-electron chi connectivity index (χ3n) is 4.95. The van der Waals surface area contributed by atoms with Crippen LogP contribution in [-0.4, -0.2) is 24.5 Å². The molecule has 0 aliphatic carbocycles. The van der Waals surface area contributed by atoms with E-state index >= 15 is 0 Å². The minimum absolute atomic E-state index is 0.0657. The van der Waals surface area contributed by atoms with Crippen LogP contribution in [0.5, 0.6) is 0 Å². The second-order valence-electron chi connectivity index (χ2n) is 6.75. The smallest absolute Gasteiger partial charge is 0.233 e. The lowest BCUT2D eigenvalue weighted by Gasteiger charge is -2.34. The zero-order chi connectivity index (χ0) is 17.5. The Morgan fingerprint density at radius 1 is 1.08 bits per heavy atom. The Bertz CT molecular complexity index is 1030. The van der Waals surface area contributed by atoms with Gasteiger partial charge in [-0.25, -0.2) is 4.98 Å². The molecule has 130 valence electrons. The molecule has 0 saturated carbocycles.